The minimum Gasteiger partial charge on any atom is -0.492 e. The van der Waals surface area contributed by atoms with E-state index in [1.165, 1.54) is 0 Å². The van der Waals surface area contributed by atoms with Crippen molar-refractivity contribution < 1.29 is 9.53 Å². The fraction of sp³-hybridized carbons (Fsp3) is 0.190. The van der Waals surface area contributed by atoms with Gasteiger partial charge in [0, 0.05) is 31.0 Å². The van der Waals surface area contributed by atoms with Gasteiger partial charge in [-0.25, -0.2) is 9.50 Å². The molecule has 0 atom stereocenters. The molecule has 8 nitrogen and oxygen atoms in total. The van der Waals surface area contributed by atoms with E-state index in [4.69, 9.17) is 9.72 Å². The van der Waals surface area contributed by atoms with E-state index in [1.807, 2.05) is 48.8 Å². The van der Waals surface area contributed by atoms with Crippen LogP contribution >= 0.6 is 0 Å². The van der Waals surface area contributed by atoms with Crippen LogP contribution in [0.25, 0.3) is 16.8 Å². The van der Waals surface area contributed by atoms with Crippen molar-refractivity contribution in [2.24, 2.45) is 0 Å². The van der Waals surface area contributed by atoms with E-state index < -0.39 is 0 Å². The van der Waals surface area contributed by atoms with Gasteiger partial charge < -0.3 is 19.9 Å². The average molecular weight is 388 g/mol. The summed E-state index contributed by atoms with van der Waals surface area (Å²) >= 11 is 0. The molecule has 0 spiro atoms. The topological polar surface area (TPSA) is 87.6 Å². The van der Waals surface area contributed by atoms with Crippen LogP contribution in [0.2, 0.25) is 0 Å². The Kier molecular flexibility index (Phi) is 4.36. The van der Waals surface area contributed by atoms with E-state index >= 15 is 0 Å². The molecule has 0 fully saturated rings. The predicted molar refractivity (Wildman–Crippen MR) is 109 cm³/mol. The lowest BCUT2D eigenvalue weighted by Gasteiger charge is -2.23. The minimum atomic E-state index is -0.0530. The van der Waals surface area contributed by atoms with Crippen LogP contribution in [0.4, 0.5) is 5.82 Å². The zero-order valence-electron chi connectivity index (χ0n) is 15.7. The van der Waals surface area contributed by atoms with Crippen molar-refractivity contribution in [3.05, 3.63) is 66.7 Å². The molecule has 3 aromatic heterocycles. The number of carbonyl (C=O) groups is 1. The van der Waals surface area contributed by atoms with Gasteiger partial charge in [-0.05, 0) is 35.9 Å². The van der Waals surface area contributed by atoms with Gasteiger partial charge in [0.2, 0.25) is 0 Å². The van der Waals surface area contributed by atoms with Crippen molar-refractivity contribution in [3.8, 4) is 16.9 Å². The number of nitrogens with zero attached hydrogens (tertiary/aromatic N) is 4. The Bertz CT molecular complexity index is 1150. The van der Waals surface area contributed by atoms with Gasteiger partial charge in [-0.2, -0.15) is 5.10 Å². The zero-order valence-corrected chi connectivity index (χ0v) is 15.7. The molecular weight excluding hydrogens is 368 g/mol. The Balaban J connectivity index is 1.49. The molecule has 0 radical (unpaired) electrons. The van der Waals surface area contributed by atoms with Gasteiger partial charge >= 0.3 is 0 Å². The van der Waals surface area contributed by atoms with Crippen molar-refractivity contribution in [1.29, 1.82) is 0 Å². The molecule has 29 heavy (non-hydrogen) atoms. The smallest absolute Gasteiger partial charge is 0.270 e. The van der Waals surface area contributed by atoms with E-state index in [-0.39, 0.29) is 5.91 Å². The van der Waals surface area contributed by atoms with Gasteiger partial charge in [-0.15, -0.1) is 0 Å². The molecule has 1 aliphatic rings. The van der Waals surface area contributed by atoms with Crippen LogP contribution in [-0.2, 0) is 0 Å². The van der Waals surface area contributed by atoms with Gasteiger partial charge in [-0.3, -0.25) is 4.79 Å². The lowest BCUT2D eigenvalue weighted by atomic mass is 10.1. The van der Waals surface area contributed by atoms with Gasteiger partial charge in [0.05, 0.1) is 12.7 Å². The summed E-state index contributed by atoms with van der Waals surface area (Å²) in [7, 11) is 0. The first-order chi connectivity index (χ1) is 14.3. The maximum atomic E-state index is 12.8. The predicted octanol–water partition coefficient (Wildman–Crippen LogP) is 2.67. The average Bonchev–Trinajstić information content (AvgIpc) is 3.42. The standard InChI is InChI=1S/C21H20N6O2/c28-21(18-5-2-7-22-18)26-10-8-23-19-6-9-27-20(25-19)17(14-24-27)15-3-1-4-16(13-15)29-12-11-26/h1-7,9,13-14,22H,8,10-12H2,(H,23,25). The number of aromatic nitrogens is 4. The van der Waals surface area contributed by atoms with E-state index in [0.29, 0.717) is 31.9 Å². The van der Waals surface area contributed by atoms with Crippen LogP contribution in [0.1, 0.15) is 10.5 Å². The molecule has 2 N–H and O–H groups in total. The molecule has 4 aromatic rings. The number of amides is 1. The number of H-pyrrole nitrogens is 1. The summed E-state index contributed by atoms with van der Waals surface area (Å²) in [5, 5.41) is 7.71. The Morgan fingerprint density at radius 2 is 2.10 bits per heavy atom. The molecule has 0 saturated heterocycles. The Morgan fingerprint density at radius 3 is 3.00 bits per heavy atom. The van der Waals surface area contributed by atoms with Gasteiger partial charge in [0.1, 0.15) is 23.9 Å². The number of carbonyl (C=O) groups excluding carboxylic acids is 1. The SMILES string of the molecule is O=C(c1ccc[nH]1)N1CCNc2ccn3ncc(c3n2)-c2cccc(c2)OCC1. The number of ether oxygens (including phenoxy) is 1. The van der Waals surface area contributed by atoms with Crippen LogP contribution in [0, 0.1) is 0 Å². The third-order valence-electron chi connectivity index (χ3n) is 4.95. The van der Waals surface area contributed by atoms with Gasteiger partial charge in [0.25, 0.3) is 5.91 Å². The first kappa shape index (κ1) is 17.3. The third kappa shape index (κ3) is 3.40. The largest absolute Gasteiger partial charge is 0.492 e. The van der Waals surface area contributed by atoms with Crippen molar-refractivity contribution in [1.82, 2.24) is 24.5 Å². The fourth-order valence-electron chi connectivity index (χ4n) is 3.47. The number of anilines is 1. The molecule has 0 saturated carbocycles. The lowest BCUT2D eigenvalue weighted by molar-refractivity contribution is 0.0732. The highest BCUT2D eigenvalue weighted by Gasteiger charge is 2.17. The monoisotopic (exact) mass is 388 g/mol. The number of hydrogen-bond acceptors (Lipinski definition) is 5. The zero-order chi connectivity index (χ0) is 19.6. The maximum Gasteiger partial charge on any atom is 0.270 e. The second-order valence-electron chi connectivity index (χ2n) is 6.82. The number of fused-ring (bicyclic) bond motifs is 4. The number of hydrogen-bond donors (Lipinski definition) is 2. The van der Waals surface area contributed by atoms with Crippen molar-refractivity contribution in [3.63, 3.8) is 0 Å². The summed E-state index contributed by atoms with van der Waals surface area (Å²) in [6, 6.07) is 13.3. The van der Waals surface area contributed by atoms with Crippen molar-refractivity contribution >= 4 is 17.4 Å². The summed E-state index contributed by atoms with van der Waals surface area (Å²) in [6.45, 7) is 1.99. The minimum absolute atomic E-state index is 0.0530. The number of benzene rings is 1. The molecule has 1 aliphatic heterocycles. The first-order valence-electron chi connectivity index (χ1n) is 9.52. The van der Waals surface area contributed by atoms with E-state index in [1.54, 1.807) is 21.7 Å². The summed E-state index contributed by atoms with van der Waals surface area (Å²) in [4.78, 5) is 22.3. The molecule has 5 rings (SSSR count). The summed E-state index contributed by atoms with van der Waals surface area (Å²) < 4.78 is 7.70. The third-order valence-corrected chi connectivity index (χ3v) is 4.95. The van der Waals surface area contributed by atoms with Crippen molar-refractivity contribution in [2.75, 3.05) is 31.6 Å². The van der Waals surface area contributed by atoms with Crippen LogP contribution in [0.15, 0.2) is 61.1 Å². The van der Waals surface area contributed by atoms with Crippen LogP contribution < -0.4 is 10.1 Å². The molecule has 1 aromatic carbocycles. The van der Waals surface area contributed by atoms with E-state index in [2.05, 4.69) is 15.4 Å². The van der Waals surface area contributed by atoms with E-state index in [0.717, 1.165) is 28.3 Å². The molecule has 4 bridgehead atoms. The Labute approximate surface area is 167 Å². The number of nitrogens with one attached hydrogen (secondary N) is 2. The highest BCUT2D eigenvalue weighted by Crippen LogP contribution is 2.27. The quantitative estimate of drug-likeness (QED) is 0.523. The molecule has 146 valence electrons. The summed E-state index contributed by atoms with van der Waals surface area (Å²) in [6.07, 6.45) is 5.44. The van der Waals surface area contributed by atoms with Crippen LogP contribution in [0.5, 0.6) is 5.75 Å². The highest BCUT2D eigenvalue weighted by molar-refractivity contribution is 5.92. The van der Waals surface area contributed by atoms with Crippen molar-refractivity contribution in [2.45, 2.75) is 0 Å². The molecule has 0 aliphatic carbocycles. The second-order valence-corrected chi connectivity index (χ2v) is 6.82. The molecule has 1 amide bonds. The summed E-state index contributed by atoms with van der Waals surface area (Å²) in [5.41, 5.74) is 3.26. The molecule has 0 unspecified atom stereocenters. The number of rotatable bonds is 1. The lowest BCUT2D eigenvalue weighted by Crippen LogP contribution is -2.38. The van der Waals surface area contributed by atoms with Crippen LogP contribution in [-0.4, -0.2) is 56.6 Å². The molecule has 4 heterocycles. The molecule has 8 heteroatoms. The highest BCUT2D eigenvalue weighted by atomic mass is 16.5. The van der Waals surface area contributed by atoms with E-state index in [9.17, 15) is 4.79 Å². The maximum absolute atomic E-state index is 12.8. The van der Waals surface area contributed by atoms with Gasteiger partial charge in [-0.1, -0.05) is 12.1 Å². The Hall–Kier alpha value is -3.81. The summed E-state index contributed by atoms with van der Waals surface area (Å²) in [5.74, 6) is 1.44. The normalized spacial score (nSPS) is 14.3. The fourth-order valence-corrected chi connectivity index (χ4v) is 3.47. The number of aromatic amines is 1. The van der Waals surface area contributed by atoms with Crippen LogP contribution in [0.3, 0.4) is 0 Å². The Morgan fingerprint density at radius 1 is 1.14 bits per heavy atom. The van der Waals surface area contributed by atoms with Gasteiger partial charge in [0.15, 0.2) is 5.65 Å². The molecular formula is C21H20N6O2. The second kappa shape index (κ2) is 7.31. The first-order valence-corrected chi connectivity index (χ1v) is 9.52.